The van der Waals surface area contributed by atoms with Gasteiger partial charge in [-0.1, -0.05) is 0 Å². The minimum atomic E-state index is -2.92. The Morgan fingerprint density at radius 2 is 1.85 bits per heavy atom. The van der Waals surface area contributed by atoms with E-state index in [0.717, 1.165) is 26.3 Å². The highest BCUT2D eigenvalue weighted by molar-refractivity contribution is 7.18. The number of aryl methyl sites for hydroxylation is 2. The first-order valence-corrected chi connectivity index (χ1v) is 10.8. The van der Waals surface area contributed by atoms with Gasteiger partial charge in [-0.3, -0.25) is 15.0 Å². The zero-order valence-electron chi connectivity index (χ0n) is 17.7. The molecule has 34 heavy (non-hydrogen) atoms. The Balaban J connectivity index is 1.61. The van der Waals surface area contributed by atoms with Crippen LogP contribution < -0.4 is 11.0 Å². The molecule has 12 heteroatoms. The lowest BCUT2D eigenvalue weighted by Crippen LogP contribution is -2.35. The fraction of sp³-hybridized carbons (Fsp3) is 0.136. The maximum absolute atomic E-state index is 13.8. The molecule has 0 saturated carbocycles. The van der Waals surface area contributed by atoms with Gasteiger partial charge in [0.1, 0.15) is 27.7 Å². The lowest BCUT2D eigenvalue weighted by atomic mass is 10.1. The molecule has 0 bridgehead atoms. The van der Waals surface area contributed by atoms with Crippen molar-refractivity contribution in [2.24, 2.45) is 0 Å². The summed E-state index contributed by atoms with van der Waals surface area (Å²) in [4.78, 5) is 36.1. The van der Waals surface area contributed by atoms with Crippen molar-refractivity contribution in [1.82, 2.24) is 24.3 Å². The van der Waals surface area contributed by atoms with Crippen molar-refractivity contribution in [2.75, 3.05) is 5.43 Å². The Kier molecular flexibility index (Phi) is 5.16. The SMILES string of the molecule is Cc1cc2c(=O)n(NC(=O)c3cnn4c(C(F)F)cc(-c5ccc(F)cc5)nc34)c(C)nc2s1. The van der Waals surface area contributed by atoms with Crippen molar-refractivity contribution in [3.63, 3.8) is 0 Å². The van der Waals surface area contributed by atoms with Gasteiger partial charge in [0.15, 0.2) is 5.65 Å². The van der Waals surface area contributed by atoms with E-state index in [2.05, 4.69) is 20.5 Å². The van der Waals surface area contributed by atoms with Crippen molar-refractivity contribution < 1.29 is 18.0 Å². The van der Waals surface area contributed by atoms with Crippen LogP contribution in [0, 0.1) is 19.7 Å². The number of nitrogens with one attached hydrogen (secondary N) is 1. The Morgan fingerprint density at radius 3 is 2.56 bits per heavy atom. The van der Waals surface area contributed by atoms with Crippen LogP contribution in [0.25, 0.3) is 27.1 Å². The minimum Gasteiger partial charge on any atom is -0.267 e. The van der Waals surface area contributed by atoms with Gasteiger partial charge in [-0.25, -0.2) is 32.3 Å². The van der Waals surface area contributed by atoms with E-state index >= 15 is 0 Å². The van der Waals surface area contributed by atoms with Gasteiger partial charge in [0.25, 0.3) is 17.9 Å². The minimum absolute atomic E-state index is 0.113. The number of hydrogen-bond donors (Lipinski definition) is 1. The first-order chi connectivity index (χ1) is 16.2. The highest BCUT2D eigenvalue weighted by Crippen LogP contribution is 2.27. The predicted octanol–water partition coefficient (Wildman–Crippen LogP) is 4.25. The zero-order chi connectivity index (χ0) is 24.1. The number of aromatic nitrogens is 5. The lowest BCUT2D eigenvalue weighted by molar-refractivity contribution is 0.101. The predicted molar refractivity (Wildman–Crippen MR) is 120 cm³/mol. The largest absolute Gasteiger partial charge is 0.281 e. The topological polar surface area (TPSA) is 94.2 Å². The maximum atomic E-state index is 13.8. The number of thiophene rings is 1. The van der Waals surface area contributed by atoms with Crippen molar-refractivity contribution >= 4 is 33.1 Å². The second kappa shape index (κ2) is 8.06. The summed E-state index contributed by atoms with van der Waals surface area (Å²) in [7, 11) is 0. The third-order valence-corrected chi connectivity index (χ3v) is 6.12. The van der Waals surface area contributed by atoms with Crippen LogP contribution in [0.5, 0.6) is 0 Å². The second-order valence-corrected chi connectivity index (χ2v) is 8.72. The molecule has 0 aliphatic carbocycles. The molecule has 0 radical (unpaired) electrons. The number of nitrogens with zero attached hydrogens (tertiary/aromatic N) is 5. The van der Waals surface area contributed by atoms with Gasteiger partial charge < -0.3 is 0 Å². The summed E-state index contributed by atoms with van der Waals surface area (Å²) in [6.07, 6.45) is -1.82. The molecule has 172 valence electrons. The fourth-order valence-corrected chi connectivity index (χ4v) is 4.48. The van der Waals surface area contributed by atoms with E-state index < -0.39 is 29.4 Å². The van der Waals surface area contributed by atoms with E-state index in [4.69, 9.17) is 0 Å². The molecule has 8 nitrogen and oxygen atoms in total. The highest BCUT2D eigenvalue weighted by Gasteiger charge is 2.23. The third kappa shape index (κ3) is 3.61. The van der Waals surface area contributed by atoms with E-state index in [1.165, 1.54) is 35.6 Å². The Morgan fingerprint density at radius 1 is 1.12 bits per heavy atom. The van der Waals surface area contributed by atoms with E-state index in [9.17, 15) is 22.8 Å². The number of hydrogen-bond acceptors (Lipinski definition) is 6. The molecule has 0 saturated heterocycles. The van der Waals surface area contributed by atoms with Crippen LogP contribution in [0.1, 0.15) is 33.2 Å². The van der Waals surface area contributed by atoms with E-state index in [1.807, 2.05) is 6.92 Å². The fourth-order valence-electron chi connectivity index (χ4n) is 3.57. The Bertz CT molecular complexity index is 1640. The molecule has 0 unspecified atom stereocenters. The van der Waals surface area contributed by atoms with Crippen LogP contribution in [0.4, 0.5) is 13.2 Å². The number of rotatable bonds is 4. The van der Waals surface area contributed by atoms with Crippen molar-refractivity contribution in [1.29, 1.82) is 0 Å². The molecule has 1 N–H and O–H groups in total. The van der Waals surface area contributed by atoms with Crippen LogP contribution in [-0.2, 0) is 0 Å². The molecule has 5 rings (SSSR count). The van der Waals surface area contributed by atoms with Crippen molar-refractivity contribution in [2.45, 2.75) is 20.3 Å². The van der Waals surface area contributed by atoms with E-state index in [0.29, 0.717) is 15.8 Å². The monoisotopic (exact) mass is 484 g/mol. The number of halogens is 3. The normalized spacial score (nSPS) is 11.6. The van der Waals surface area contributed by atoms with Gasteiger partial charge in [0.2, 0.25) is 0 Å². The molecular weight excluding hydrogens is 469 g/mol. The average Bonchev–Trinajstić information content (AvgIpc) is 3.39. The zero-order valence-corrected chi connectivity index (χ0v) is 18.5. The van der Waals surface area contributed by atoms with Crippen LogP contribution in [0.15, 0.2) is 47.4 Å². The number of alkyl halides is 2. The second-order valence-electron chi connectivity index (χ2n) is 7.48. The van der Waals surface area contributed by atoms with Crippen molar-refractivity contribution in [3.05, 3.63) is 80.7 Å². The van der Waals surface area contributed by atoms with Crippen LogP contribution in [0.2, 0.25) is 0 Å². The summed E-state index contributed by atoms with van der Waals surface area (Å²) in [6.45, 7) is 3.40. The first-order valence-electron chi connectivity index (χ1n) is 9.97. The molecule has 1 aromatic carbocycles. The number of carbonyl (C=O) groups is 1. The average molecular weight is 484 g/mol. The maximum Gasteiger partial charge on any atom is 0.281 e. The lowest BCUT2D eigenvalue weighted by Gasteiger charge is -2.11. The summed E-state index contributed by atoms with van der Waals surface area (Å²) in [5, 5.41) is 4.25. The van der Waals surface area contributed by atoms with Gasteiger partial charge in [-0.2, -0.15) is 5.10 Å². The highest BCUT2D eigenvalue weighted by atomic mass is 32.1. The summed E-state index contributed by atoms with van der Waals surface area (Å²) >= 11 is 1.36. The van der Waals surface area contributed by atoms with Crippen LogP contribution >= 0.6 is 11.3 Å². The molecule has 1 amide bonds. The van der Waals surface area contributed by atoms with Crippen molar-refractivity contribution in [3.8, 4) is 11.3 Å². The van der Waals surface area contributed by atoms with Crippen LogP contribution in [0.3, 0.4) is 0 Å². The molecule has 0 aliphatic heterocycles. The molecule has 0 atom stereocenters. The first kappa shape index (κ1) is 21.8. The van der Waals surface area contributed by atoms with Gasteiger partial charge in [-0.15, -0.1) is 11.3 Å². The van der Waals surface area contributed by atoms with E-state index in [-0.39, 0.29) is 22.7 Å². The third-order valence-electron chi connectivity index (χ3n) is 5.18. The molecule has 0 aliphatic rings. The number of carbonyl (C=O) groups excluding carboxylic acids is 1. The summed E-state index contributed by atoms with van der Waals surface area (Å²) in [5.41, 5.74) is 1.74. The van der Waals surface area contributed by atoms with E-state index in [1.54, 1.807) is 13.0 Å². The van der Waals surface area contributed by atoms with Gasteiger partial charge >= 0.3 is 0 Å². The number of fused-ring (bicyclic) bond motifs is 2. The molecule has 5 aromatic rings. The van der Waals surface area contributed by atoms with Gasteiger partial charge in [-0.05, 0) is 50.2 Å². The van der Waals surface area contributed by atoms with Gasteiger partial charge in [0, 0.05) is 10.4 Å². The summed E-state index contributed by atoms with van der Waals surface area (Å²) in [5.74, 6) is -1.02. The summed E-state index contributed by atoms with van der Waals surface area (Å²) < 4.78 is 42.7. The molecule has 4 aromatic heterocycles. The molecule has 0 spiro atoms. The quantitative estimate of drug-likeness (QED) is 0.412. The Labute approximate surface area is 193 Å². The Hall–Kier alpha value is -4.06. The van der Waals surface area contributed by atoms with Gasteiger partial charge in [0.05, 0.1) is 17.3 Å². The molecule has 4 heterocycles. The number of benzene rings is 1. The number of amides is 1. The molecule has 0 fully saturated rings. The summed E-state index contributed by atoms with van der Waals surface area (Å²) in [6, 6.07) is 7.96. The molecular formula is C22H15F3N6O2S. The standard InChI is InChI=1S/C22H15F3N6O2S/c1-10-7-14-21(34-10)27-11(2)30(22(14)33)29-20(32)15-9-26-31-17(18(24)25)8-16(28-19(15)31)12-3-5-13(23)6-4-12/h3-9,18H,1-2H3,(H,29,32). The van der Waals surface area contributed by atoms with Crippen LogP contribution in [-0.4, -0.2) is 30.2 Å². The smallest absolute Gasteiger partial charge is 0.267 e.